The maximum Gasteiger partial charge on any atom is 0.433 e. The van der Waals surface area contributed by atoms with Crippen LogP contribution in [0.1, 0.15) is 41.9 Å². The molecule has 0 aliphatic heterocycles. The summed E-state index contributed by atoms with van der Waals surface area (Å²) >= 11 is 0. The molecule has 1 amide bonds. The number of amides is 1. The molecule has 1 fully saturated rings. The van der Waals surface area contributed by atoms with Gasteiger partial charge in [0, 0.05) is 41.8 Å². The molecule has 0 bridgehead atoms. The largest absolute Gasteiger partial charge is 0.433 e. The number of carbonyl (C=O) groups excluding carboxylic acids is 1. The Morgan fingerprint density at radius 3 is 2.40 bits per heavy atom. The van der Waals surface area contributed by atoms with Gasteiger partial charge in [0.1, 0.15) is 11.4 Å². The molecule has 1 aliphatic rings. The van der Waals surface area contributed by atoms with Crippen LogP contribution in [-0.4, -0.2) is 35.0 Å². The Labute approximate surface area is 201 Å². The van der Waals surface area contributed by atoms with Gasteiger partial charge in [-0.05, 0) is 49.3 Å². The summed E-state index contributed by atoms with van der Waals surface area (Å²) in [6, 6.07) is 17.6. The number of pyridine rings is 2. The monoisotopic (exact) mass is 478 g/mol. The van der Waals surface area contributed by atoms with Crippen LogP contribution in [0.15, 0.2) is 66.9 Å². The third kappa shape index (κ3) is 4.65. The quantitative estimate of drug-likeness (QED) is 0.392. The van der Waals surface area contributed by atoms with Crippen molar-refractivity contribution in [1.29, 1.82) is 0 Å². The second-order valence-corrected chi connectivity index (χ2v) is 9.01. The third-order valence-electron chi connectivity index (χ3n) is 6.83. The average Bonchev–Trinajstić information content (AvgIpc) is 2.87. The van der Waals surface area contributed by atoms with Gasteiger partial charge in [-0.25, -0.2) is 4.98 Å². The van der Waals surface area contributed by atoms with E-state index in [2.05, 4.69) is 15.3 Å². The number of para-hydroxylation sites is 1. The van der Waals surface area contributed by atoms with E-state index in [-0.39, 0.29) is 18.0 Å². The molecule has 4 aromatic rings. The van der Waals surface area contributed by atoms with E-state index in [9.17, 15) is 18.0 Å². The number of nitrogens with one attached hydrogen (secondary N) is 1. The van der Waals surface area contributed by atoms with Crippen LogP contribution in [0.5, 0.6) is 0 Å². The van der Waals surface area contributed by atoms with Gasteiger partial charge >= 0.3 is 6.18 Å². The van der Waals surface area contributed by atoms with Gasteiger partial charge in [0.25, 0.3) is 5.91 Å². The normalized spacial score (nSPS) is 18.5. The summed E-state index contributed by atoms with van der Waals surface area (Å²) in [5, 5.41) is 5.57. The Balaban J connectivity index is 1.30. The maximum absolute atomic E-state index is 13.5. The van der Waals surface area contributed by atoms with Crippen LogP contribution < -0.4 is 10.2 Å². The fraction of sp³-hybridized carbons (Fsp3) is 0.296. The predicted molar refractivity (Wildman–Crippen MR) is 130 cm³/mol. The second kappa shape index (κ2) is 9.17. The molecule has 2 aromatic heterocycles. The van der Waals surface area contributed by atoms with Gasteiger partial charge in [-0.3, -0.25) is 9.78 Å². The van der Waals surface area contributed by atoms with E-state index in [1.807, 2.05) is 48.3 Å². The van der Waals surface area contributed by atoms with E-state index < -0.39 is 11.9 Å². The molecule has 0 radical (unpaired) electrons. The Kier molecular flexibility index (Phi) is 6.05. The molecular formula is C27H25F3N4O. The molecule has 1 aliphatic carbocycles. The number of carbonyl (C=O) groups is 1. The number of alkyl halides is 3. The molecule has 180 valence electrons. The number of hydrogen-bond acceptors (Lipinski definition) is 4. The van der Waals surface area contributed by atoms with Crippen molar-refractivity contribution in [3.05, 3.63) is 78.2 Å². The second-order valence-electron chi connectivity index (χ2n) is 9.01. The minimum atomic E-state index is -4.52. The van der Waals surface area contributed by atoms with E-state index in [4.69, 9.17) is 0 Å². The molecular weight excluding hydrogens is 453 g/mol. The SMILES string of the molecule is CN(c1cc(C(F)(F)F)nc2ccccc12)C1CCC(NC(=O)c2nccc3ccccc23)CC1. The number of fused-ring (bicyclic) bond motifs is 2. The lowest BCUT2D eigenvalue weighted by Gasteiger charge is -2.37. The standard InChI is InChI=1S/C27H25F3N4O/c1-34(23-16-24(27(28,29)30)33-22-9-5-4-8-21(22)23)19-12-10-18(11-13-19)32-26(35)25-20-7-3-2-6-17(20)14-15-31-25/h2-9,14-16,18-19H,10-13H2,1H3,(H,32,35). The molecule has 0 unspecified atom stereocenters. The number of benzene rings is 2. The minimum absolute atomic E-state index is 0.00663. The molecule has 2 aromatic carbocycles. The van der Waals surface area contributed by atoms with Crippen molar-refractivity contribution in [3.8, 4) is 0 Å². The summed E-state index contributed by atoms with van der Waals surface area (Å²) in [5.74, 6) is -0.200. The van der Waals surface area contributed by atoms with Crippen LogP contribution in [0.2, 0.25) is 0 Å². The van der Waals surface area contributed by atoms with Crippen molar-refractivity contribution in [3.63, 3.8) is 0 Å². The molecule has 1 saturated carbocycles. The van der Waals surface area contributed by atoms with Crippen LogP contribution in [0.25, 0.3) is 21.7 Å². The summed E-state index contributed by atoms with van der Waals surface area (Å²) in [5.41, 5.74) is 0.370. The highest BCUT2D eigenvalue weighted by Crippen LogP contribution is 2.36. The van der Waals surface area contributed by atoms with E-state index in [1.54, 1.807) is 24.4 Å². The van der Waals surface area contributed by atoms with Crippen molar-refractivity contribution in [1.82, 2.24) is 15.3 Å². The van der Waals surface area contributed by atoms with Crippen LogP contribution in [-0.2, 0) is 6.18 Å². The molecule has 35 heavy (non-hydrogen) atoms. The van der Waals surface area contributed by atoms with Gasteiger partial charge in [0.15, 0.2) is 0 Å². The number of nitrogens with zero attached hydrogens (tertiary/aromatic N) is 3. The zero-order valence-electron chi connectivity index (χ0n) is 19.2. The van der Waals surface area contributed by atoms with E-state index in [1.165, 1.54) is 0 Å². The molecule has 8 heteroatoms. The van der Waals surface area contributed by atoms with Gasteiger partial charge in [0.05, 0.1) is 5.52 Å². The number of halogens is 3. The van der Waals surface area contributed by atoms with Gasteiger partial charge in [-0.15, -0.1) is 0 Å². The highest BCUT2D eigenvalue weighted by molar-refractivity contribution is 6.05. The van der Waals surface area contributed by atoms with Gasteiger partial charge in [-0.2, -0.15) is 13.2 Å². The lowest BCUT2D eigenvalue weighted by atomic mass is 9.89. The van der Waals surface area contributed by atoms with Crippen molar-refractivity contribution in [2.24, 2.45) is 0 Å². The zero-order valence-corrected chi connectivity index (χ0v) is 19.2. The number of anilines is 1. The van der Waals surface area contributed by atoms with Gasteiger partial charge < -0.3 is 10.2 Å². The minimum Gasteiger partial charge on any atom is -0.371 e. The Morgan fingerprint density at radius 1 is 0.971 bits per heavy atom. The van der Waals surface area contributed by atoms with E-state index in [0.717, 1.165) is 42.5 Å². The van der Waals surface area contributed by atoms with Crippen LogP contribution in [0.3, 0.4) is 0 Å². The van der Waals surface area contributed by atoms with Crippen molar-refractivity contribution in [2.75, 3.05) is 11.9 Å². The summed E-state index contributed by atoms with van der Waals surface area (Å²) < 4.78 is 40.5. The summed E-state index contributed by atoms with van der Waals surface area (Å²) in [7, 11) is 1.84. The fourth-order valence-electron chi connectivity index (χ4n) is 4.95. The zero-order chi connectivity index (χ0) is 24.6. The molecule has 5 nitrogen and oxygen atoms in total. The summed E-state index contributed by atoms with van der Waals surface area (Å²) in [6.07, 6.45) is 0.0979. The molecule has 2 heterocycles. The van der Waals surface area contributed by atoms with Gasteiger partial charge in [0.2, 0.25) is 0 Å². The average molecular weight is 479 g/mol. The maximum atomic E-state index is 13.5. The molecule has 1 N–H and O–H groups in total. The molecule has 5 rings (SSSR count). The molecule has 0 saturated heterocycles. The fourth-order valence-corrected chi connectivity index (χ4v) is 4.95. The Morgan fingerprint density at radius 2 is 1.66 bits per heavy atom. The highest BCUT2D eigenvalue weighted by Gasteiger charge is 2.34. The lowest BCUT2D eigenvalue weighted by Crippen LogP contribution is -2.43. The number of rotatable bonds is 4. The first-order valence-corrected chi connectivity index (χ1v) is 11.7. The van der Waals surface area contributed by atoms with E-state index >= 15 is 0 Å². The first-order chi connectivity index (χ1) is 16.8. The van der Waals surface area contributed by atoms with Crippen LogP contribution in [0.4, 0.5) is 18.9 Å². The molecule has 0 atom stereocenters. The van der Waals surface area contributed by atoms with Crippen molar-refractivity contribution in [2.45, 2.75) is 43.9 Å². The highest BCUT2D eigenvalue weighted by atomic mass is 19.4. The number of aromatic nitrogens is 2. The van der Waals surface area contributed by atoms with Crippen LogP contribution in [0, 0.1) is 0 Å². The Hall–Kier alpha value is -3.68. The first-order valence-electron chi connectivity index (χ1n) is 11.7. The predicted octanol–water partition coefficient (Wildman–Crippen LogP) is 5.98. The topological polar surface area (TPSA) is 58.1 Å². The van der Waals surface area contributed by atoms with Crippen LogP contribution >= 0.6 is 0 Å². The number of hydrogen-bond donors (Lipinski definition) is 1. The summed E-state index contributed by atoms with van der Waals surface area (Å²) in [6.45, 7) is 0. The molecule has 0 spiro atoms. The van der Waals surface area contributed by atoms with Gasteiger partial charge in [-0.1, -0.05) is 42.5 Å². The third-order valence-corrected chi connectivity index (χ3v) is 6.83. The lowest BCUT2D eigenvalue weighted by molar-refractivity contribution is -0.140. The summed E-state index contributed by atoms with van der Waals surface area (Å²) in [4.78, 5) is 23.0. The smallest absolute Gasteiger partial charge is 0.371 e. The van der Waals surface area contributed by atoms with E-state index in [0.29, 0.717) is 22.3 Å². The Bertz CT molecular complexity index is 1370. The van der Waals surface area contributed by atoms with Crippen molar-refractivity contribution >= 4 is 33.3 Å². The van der Waals surface area contributed by atoms with Crippen molar-refractivity contribution < 1.29 is 18.0 Å². The first kappa shape index (κ1) is 23.1.